The maximum absolute atomic E-state index is 13.5. The van der Waals surface area contributed by atoms with Crippen molar-refractivity contribution in [2.75, 3.05) is 6.54 Å². The monoisotopic (exact) mass is 275 g/mol. The molecule has 106 valence electrons. The van der Waals surface area contributed by atoms with E-state index in [2.05, 4.69) is 0 Å². The highest BCUT2D eigenvalue weighted by Crippen LogP contribution is 2.28. The summed E-state index contributed by atoms with van der Waals surface area (Å²) in [6.45, 7) is 2.12. The highest BCUT2D eigenvalue weighted by atomic mass is 19.1. The highest BCUT2D eigenvalue weighted by molar-refractivity contribution is 5.35. The average molecular weight is 275 g/mol. The number of nitrogens with two attached hydrogens (primary N) is 1. The van der Waals surface area contributed by atoms with Gasteiger partial charge in [0.2, 0.25) is 0 Å². The lowest BCUT2D eigenvalue weighted by molar-refractivity contribution is 0.0504. The number of halogens is 1. The predicted octanol–water partition coefficient (Wildman–Crippen LogP) is 3.17. The predicted molar refractivity (Wildman–Crippen MR) is 76.2 cm³/mol. The van der Waals surface area contributed by atoms with Crippen molar-refractivity contribution in [1.82, 2.24) is 0 Å². The Bertz CT molecular complexity index is 567. The number of para-hydroxylation sites is 1. The molecule has 0 saturated carbocycles. The SMILES string of the molecule is CC(O)(CCN)c1ccc(Oc2ccccc2F)cc1. The van der Waals surface area contributed by atoms with Crippen molar-refractivity contribution in [3.8, 4) is 11.5 Å². The van der Waals surface area contributed by atoms with E-state index in [1.165, 1.54) is 6.07 Å². The molecule has 1 atom stereocenters. The minimum absolute atomic E-state index is 0.175. The Morgan fingerprint density at radius 3 is 2.40 bits per heavy atom. The fraction of sp³-hybridized carbons (Fsp3) is 0.250. The van der Waals surface area contributed by atoms with Crippen molar-refractivity contribution in [3.63, 3.8) is 0 Å². The fourth-order valence-corrected chi connectivity index (χ4v) is 1.96. The molecule has 0 bridgehead atoms. The molecule has 0 fully saturated rings. The van der Waals surface area contributed by atoms with Gasteiger partial charge in [0.05, 0.1) is 5.60 Å². The molecule has 2 aromatic rings. The third-order valence-corrected chi connectivity index (χ3v) is 3.17. The second-order valence-electron chi connectivity index (χ2n) is 4.87. The number of hydrogen-bond donors (Lipinski definition) is 2. The van der Waals surface area contributed by atoms with Gasteiger partial charge in [-0.15, -0.1) is 0 Å². The first-order chi connectivity index (χ1) is 9.53. The Labute approximate surface area is 117 Å². The third-order valence-electron chi connectivity index (χ3n) is 3.17. The zero-order chi connectivity index (χ0) is 14.6. The summed E-state index contributed by atoms with van der Waals surface area (Å²) in [7, 11) is 0. The number of aliphatic hydroxyl groups is 1. The first-order valence-electron chi connectivity index (χ1n) is 6.48. The summed E-state index contributed by atoms with van der Waals surface area (Å²) >= 11 is 0. The Morgan fingerprint density at radius 2 is 1.80 bits per heavy atom. The van der Waals surface area contributed by atoms with E-state index in [1.807, 2.05) is 0 Å². The van der Waals surface area contributed by atoms with Crippen LogP contribution in [0.25, 0.3) is 0 Å². The lowest BCUT2D eigenvalue weighted by atomic mass is 9.93. The molecule has 0 spiro atoms. The van der Waals surface area contributed by atoms with Gasteiger partial charge >= 0.3 is 0 Å². The van der Waals surface area contributed by atoms with Crippen LogP contribution in [-0.4, -0.2) is 11.7 Å². The maximum atomic E-state index is 13.5. The molecule has 20 heavy (non-hydrogen) atoms. The molecule has 1 unspecified atom stereocenters. The summed E-state index contributed by atoms with van der Waals surface area (Å²) in [5.74, 6) is 0.281. The van der Waals surface area contributed by atoms with Crippen LogP contribution in [0, 0.1) is 5.82 Å². The largest absolute Gasteiger partial charge is 0.454 e. The fourth-order valence-electron chi connectivity index (χ4n) is 1.96. The summed E-state index contributed by atoms with van der Waals surface area (Å²) < 4.78 is 18.9. The van der Waals surface area contributed by atoms with E-state index in [-0.39, 0.29) is 5.75 Å². The summed E-state index contributed by atoms with van der Waals surface area (Å²) in [5, 5.41) is 10.2. The van der Waals surface area contributed by atoms with Crippen molar-refractivity contribution >= 4 is 0 Å². The van der Waals surface area contributed by atoms with Gasteiger partial charge in [0.25, 0.3) is 0 Å². The summed E-state index contributed by atoms with van der Waals surface area (Å²) in [6, 6.07) is 13.1. The van der Waals surface area contributed by atoms with Crippen LogP contribution in [0.15, 0.2) is 48.5 Å². The Balaban J connectivity index is 2.15. The molecule has 0 aliphatic heterocycles. The second kappa shape index (κ2) is 6.03. The van der Waals surface area contributed by atoms with E-state index in [1.54, 1.807) is 49.4 Å². The van der Waals surface area contributed by atoms with E-state index in [9.17, 15) is 9.50 Å². The van der Waals surface area contributed by atoms with Gasteiger partial charge in [-0.1, -0.05) is 24.3 Å². The molecule has 0 amide bonds. The maximum Gasteiger partial charge on any atom is 0.165 e. The number of hydrogen-bond acceptors (Lipinski definition) is 3. The van der Waals surface area contributed by atoms with Crippen LogP contribution in [0.4, 0.5) is 4.39 Å². The van der Waals surface area contributed by atoms with Crippen LogP contribution in [0.5, 0.6) is 11.5 Å². The summed E-state index contributed by atoms with van der Waals surface area (Å²) in [6.07, 6.45) is 0.473. The van der Waals surface area contributed by atoms with Gasteiger partial charge < -0.3 is 15.6 Å². The molecule has 2 rings (SSSR count). The molecule has 3 N–H and O–H groups in total. The zero-order valence-corrected chi connectivity index (χ0v) is 11.3. The normalized spacial score (nSPS) is 13.8. The van der Waals surface area contributed by atoms with Crippen molar-refractivity contribution in [1.29, 1.82) is 0 Å². The van der Waals surface area contributed by atoms with Gasteiger partial charge in [0.15, 0.2) is 11.6 Å². The molecule has 4 heteroatoms. The third kappa shape index (κ3) is 3.35. The molecular formula is C16H18FNO2. The number of ether oxygens (including phenoxy) is 1. The Hall–Kier alpha value is -1.91. The molecule has 0 aliphatic carbocycles. The molecule has 0 aliphatic rings. The first kappa shape index (κ1) is 14.5. The minimum atomic E-state index is -0.967. The minimum Gasteiger partial charge on any atom is -0.454 e. The molecule has 0 aromatic heterocycles. The lowest BCUT2D eigenvalue weighted by Gasteiger charge is -2.23. The van der Waals surface area contributed by atoms with Gasteiger partial charge in [0.1, 0.15) is 5.75 Å². The molecule has 0 saturated heterocycles. The average Bonchev–Trinajstić information content (AvgIpc) is 2.42. The van der Waals surface area contributed by atoms with Crippen LogP contribution in [0.1, 0.15) is 18.9 Å². The van der Waals surface area contributed by atoms with Crippen LogP contribution in [0.3, 0.4) is 0 Å². The van der Waals surface area contributed by atoms with Gasteiger partial charge in [-0.05, 0) is 49.7 Å². The van der Waals surface area contributed by atoms with Gasteiger partial charge in [0, 0.05) is 0 Å². The highest BCUT2D eigenvalue weighted by Gasteiger charge is 2.21. The first-order valence-corrected chi connectivity index (χ1v) is 6.48. The molecule has 2 aromatic carbocycles. The molecule has 0 heterocycles. The Kier molecular flexibility index (Phi) is 4.37. The molecular weight excluding hydrogens is 257 g/mol. The van der Waals surface area contributed by atoms with Crippen molar-refractivity contribution in [2.24, 2.45) is 5.73 Å². The summed E-state index contributed by atoms with van der Waals surface area (Å²) in [4.78, 5) is 0. The van der Waals surface area contributed by atoms with Crippen LogP contribution >= 0.6 is 0 Å². The Morgan fingerprint density at radius 1 is 1.15 bits per heavy atom. The zero-order valence-electron chi connectivity index (χ0n) is 11.3. The van der Waals surface area contributed by atoms with Gasteiger partial charge in [-0.3, -0.25) is 0 Å². The van der Waals surface area contributed by atoms with Gasteiger partial charge in [-0.2, -0.15) is 0 Å². The lowest BCUT2D eigenvalue weighted by Crippen LogP contribution is -2.24. The van der Waals surface area contributed by atoms with Crippen LogP contribution in [0.2, 0.25) is 0 Å². The number of benzene rings is 2. The van der Waals surface area contributed by atoms with Crippen molar-refractivity contribution in [3.05, 3.63) is 59.9 Å². The summed E-state index contributed by atoms with van der Waals surface area (Å²) in [5.41, 5.74) is 5.26. The van der Waals surface area contributed by atoms with E-state index >= 15 is 0 Å². The van der Waals surface area contributed by atoms with Crippen LogP contribution in [-0.2, 0) is 5.60 Å². The standard InChI is InChI=1S/C16H18FNO2/c1-16(19,10-11-18)12-6-8-13(9-7-12)20-15-5-3-2-4-14(15)17/h2-9,19H,10-11,18H2,1H3. The van der Waals surface area contributed by atoms with E-state index < -0.39 is 11.4 Å². The quantitative estimate of drug-likeness (QED) is 0.881. The topological polar surface area (TPSA) is 55.5 Å². The van der Waals surface area contributed by atoms with E-state index in [4.69, 9.17) is 10.5 Å². The van der Waals surface area contributed by atoms with Crippen molar-refractivity contribution < 1.29 is 14.2 Å². The van der Waals surface area contributed by atoms with E-state index in [0.29, 0.717) is 18.7 Å². The molecule has 0 radical (unpaired) electrons. The van der Waals surface area contributed by atoms with Crippen molar-refractivity contribution in [2.45, 2.75) is 18.9 Å². The smallest absolute Gasteiger partial charge is 0.165 e. The van der Waals surface area contributed by atoms with Gasteiger partial charge in [-0.25, -0.2) is 4.39 Å². The number of rotatable bonds is 5. The molecule has 3 nitrogen and oxygen atoms in total. The van der Waals surface area contributed by atoms with Crippen LogP contribution < -0.4 is 10.5 Å². The second-order valence-corrected chi connectivity index (χ2v) is 4.87. The van der Waals surface area contributed by atoms with E-state index in [0.717, 1.165) is 5.56 Å².